The van der Waals surface area contributed by atoms with Gasteiger partial charge >= 0.3 is 0 Å². The number of para-hydroxylation sites is 2. The van der Waals surface area contributed by atoms with E-state index >= 15 is 0 Å². The van der Waals surface area contributed by atoms with Crippen molar-refractivity contribution >= 4 is 17.5 Å². The molecule has 0 bridgehead atoms. The van der Waals surface area contributed by atoms with Gasteiger partial charge in [-0.15, -0.1) is 0 Å². The van der Waals surface area contributed by atoms with Crippen molar-refractivity contribution in [2.75, 3.05) is 18.6 Å². The summed E-state index contributed by atoms with van der Waals surface area (Å²) in [7, 11) is 3.33. The molecule has 2 amide bonds. The topological polar surface area (TPSA) is 76.5 Å². The minimum Gasteiger partial charge on any atom is -0.495 e. The molecule has 0 spiro atoms. The highest BCUT2D eigenvalue weighted by atomic mass is 16.5. The Morgan fingerprint density at radius 1 is 1.35 bits per heavy atom. The maximum atomic E-state index is 12.6. The maximum Gasteiger partial charge on any atom is 0.269 e. The molecule has 1 aromatic carbocycles. The number of hydrogen-bond donors (Lipinski definition) is 1. The van der Waals surface area contributed by atoms with Crippen molar-refractivity contribution in [3.63, 3.8) is 0 Å². The van der Waals surface area contributed by atoms with Crippen LogP contribution in [-0.2, 0) is 11.8 Å². The highest BCUT2D eigenvalue weighted by molar-refractivity contribution is 5.99. The molecule has 0 aliphatic carbocycles. The molecule has 26 heavy (non-hydrogen) atoms. The fraction of sp³-hybridized carbons (Fsp3) is 0.421. The maximum absolute atomic E-state index is 12.6. The van der Waals surface area contributed by atoms with E-state index in [9.17, 15) is 9.59 Å². The summed E-state index contributed by atoms with van der Waals surface area (Å²) in [5.74, 6) is 0.636. The molecule has 0 unspecified atom stereocenters. The molecule has 7 heteroatoms. The fourth-order valence-corrected chi connectivity index (χ4v) is 3.13. The smallest absolute Gasteiger partial charge is 0.269 e. The van der Waals surface area contributed by atoms with Gasteiger partial charge in [-0.05, 0) is 24.1 Å². The molecule has 1 aliphatic rings. The number of amides is 2. The van der Waals surface area contributed by atoms with E-state index in [0.29, 0.717) is 18.0 Å². The number of nitrogens with one attached hydrogen (secondary N) is 1. The van der Waals surface area contributed by atoms with Gasteiger partial charge in [0.15, 0.2) is 0 Å². The SMILES string of the molecule is COc1ccccc1N1C[C@H](NC(=O)c2cc(C(C)C)nn2C)CC1=O. The quantitative estimate of drug-likeness (QED) is 0.890. The molecule has 1 saturated heterocycles. The van der Waals surface area contributed by atoms with Crippen molar-refractivity contribution in [2.45, 2.75) is 32.2 Å². The van der Waals surface area contributed by atoms with Crippen LogP contribution >= 0.6 is 0 Å². The number of hydrogen-bond acceptors (Lipinski definition) is 4. The summed E-state index contributed by atoms with van der Waals surface area (Å²) in [5, 5.41) is 7.32. The zero-order valence-corrected chi connectivity index (χ0v) is 15.5. The first kappa shape index (κ1) is 18.0. The van der Waals surface area contributed by atoms with Crippen LogP contribution in [0.2, 0.25) is 0 Å². The Hall–Kier alpha value is -2.83. The van der Waals surface area contributed by atoms with Crippen LogP contribution < -0.4 is 15.0 Å². The van der Waals surface area contributed by atoms with Crippen molar-refractivity contribution in [3.05, 3.63) is 41.7 Å². The molecule has 7 nitrogen and oxygen atoms in total. The first-order chi connectivity index (χ1) is 12.4. The van der Waals surface area contributed by atoms with Crippen molar-refractivity contribution in [2.24, 2.45) is 7.05 Å². The van der Waals surface area contributed by atoms with Crippen LogP contribution in [0.5, 0.6) is 5.75 Å². The van der Waals surface area contributed by atoms with Gasteiger partial charge in [-0.3, -0.25) is 14.3 Å². The molecule has 0 saturated carbocycles. The van der Waals surface area contributed by atoms with Crippen LogP contribution in [0.25, 0.3) is 0 Å². The first-order valence-electron chi connectivity index (χ1n) is 8.69. The summed E-state index contributed by atoms with van der Waals surface area (Å²) >= 11 is 0. The van der Waals surface area contributed by atoms with Crippen LogP contribution in [0.4, 0.5) is 5.69 Å². The molecule has 3 rings (SSSR count). The third-order valence-corrected chi connectivity index (χ3v) is 4.56. The summed E-state index contributed by atoms with van der Waals surface area (Å²) in [4.78, 5) is 26.7. The van der Waals surface area contributed by atoms with Gasteiger partial charge in [0.1, 0.15) is 11.4 Å². The number of methoxy groups -OCH3 is 1. The number of aromatic nitrogens is 2. The number of rotatable bonds is 5. The summed E-state index contributed by atoms with van der Waals surface area (Å²) in [6.45, 7) is 4.48. The Morgan fingerprint density at radius 2 is 2.08 bits per heavy atom. The van der Waals surface area contributed by atoms with Crippen LogP contribution in [0.1, 0.15) is 42.4 Å². The fourth-order valence-electron chi connectivity index (χ4n) is 3.13. The van der Waals surface area contributed by atoms with E-state index in [4.69, 9.17) is 4.74 Å². The van der Waals surface area contributed by atoms with E-state index in [1.54, 1.807) is 29.8 Å². The lowest BCUT2D eigenvalue weighted by atomic mass is 10.1. The molecule has 1 fully saturated rings. The number of anilines is 1. The van der Waals surface area contributed by atoms with Gasteiger partial charge in [0.25, 0.3) is 5.91 Å². The Kier molecular flexibility index (Phi) is 4.97. The highest BCUT2D eigenvalue weighted by Crippen LogP contribution is 2.31. The number of ether oxygens (including phenoxy) is 1. The summed E-state index contributed by atoms with van der Waals surface area (Å²) in [6, 6.07) is 8.93. The highest BCUT2D eigenvalue weighted by Gasteiger charge is 2.33. The third-order valence-electron chi connectivity index (χ3n) is 4.56. The number of nitrogens with zero attached hydrogens (tertiary/aromatic N) is 3. The largest absolute Gasteiger partial charge is 0.495 e. The van der Waals surface area contributed by atoms with E-state index in [0.717, 1.165) is 11.4 Å². The van der Waals surface area contributed by atoms with Crippen LogP contribution in [0.15, 0.2) is 30.3 Å². The summed E-state index contributed by atoms with van der Waals surface area (Å²) < 4.78 is 6.92. The van der Waals surface area contributed by atoms with Gasteiger partial charge in [-0.2, -0.15) is 5.10 Å². The molecular weight excluding hydrogens is 332 g/mol. The molecule has 1 aromatic heterocycles. The molecule has 138 valence electrons. The lowest BCUT2D eigenvalue weighted by Crippen LogP contribution is -2.38. The number of aryl methyl sites for hydroxylation is 1. The zero-order valence-electron chi connectivity index (χ0n) is 15.5. The second-order valence-corrected chi connectivity index (χ2v) is 6.78. The Labute approximate surface area is 152 Å². The summed E-state index contributed by atoms with van der Waals surface area (Å²) in [6.07, 6.45) is 0.263. The molecule has 1 N–H and O–H groups in total. The molecule has 2 aromatic rings. The Balaban J connectivity index is 1.72. The Morgan fingerprint density at radius 3 is 2.73 bits per heavy atom. The standard InChI is InChI=1S/C19H24N4O3/c1-12(2)14-10-16(22(3)21-14)19(25)20-13-9-18(24)23(11-13)15-7-5-6-8-17(15)26-4/h5-8,10,12-13H,9,11H2,1-4H3,(H,20,25)/t13-/m1/s1. The van der Waals surface area contributed by atoms with E-state index in [1.165, 1.54) is 0 Å². The predicted molar refractivity (Wildman–Crippen MR) is 98.5 cm³/mol. The van der Waals surface area contributed by atoms with Gasteiger partial charge in [-0.25, -0.2) is 0 Å². The lowest BCUT2D eigenvalue weighted by molar-refractivity contribution is -0.117. The van der Waals surface area contributed by atoms with Gasteiger partial charge in [-0.1, -0.05) is 26.0 Å². The average Bonchev–Trinajstić information content (AvgIpc) is 3.17. The minimum atomic E-state index is -0.252. The van der Waals surface area contributed by atoms with E-state index in [2.05, 4.69) is 10.4 Å². The van der Waals surface area contributed by atoms with Crippen LogP contribution in [0.3, 0.4) is 0 Å². The third kappa shape index (κ3) is 3.42. The van der Waals surface area contributed by atoms with Gasteiger partial charge < -0.3 is 15.0 Å². The molecule has 1 atom stereocenters. The van der Waals surface area contributed by atoms with Crippen molar-refractivity contribution in [3.8, 4) is 5.75 Å². The molecular formula is C19H24N4O3. The minimum absolute atomic E-state index is 0.0346. The van der Waals surface area contributed by atoms with Crippen LogP contribution in [-0.4, -0.2) is 41.3 Å². The van der Waals surface area contributed by atoms with Crippen LogP contribution in [0, 0.1) is 0 Å². The zero-order chi connectivity index (χ0) is 18.8. The second kappa shape index (κ2) is 7.19. The first-order valence-corrected chi connectivity index (χ1v) is 8.69. The van der Waals surface area contributed by atoms with E-state index < -0.39 is 0 Å². The van der Waals surface area contributed by atoms with E-state index in [-0.39, 0.29) is 30.2 Å². The summed E-state index contributed by atoms with van der Waals surface area (Å²) in [5.41, 5.74) is 2.09. The molecule has 1 aliphatic heterocycles. The van der Waals surface area contributed by atoms with Gasteiger partial charge in [0.05, 0.1) is 24.5 Å². The van der Waals surface area contributed by atoms with Gasteiger partial charge in [0, 0.05) is 20.0 Å². The number of carbonyl (C=O) groups is 2. The molecule has 0 radical (unpaired) electrons. The normalized spacial score (nSPS) is 17.0. The lowest BCUT2D eigenvalue weighted by Gasteiger charge is -2.19. The van der Waals surface area contributed by atoms with Gasteiger partial charge in [0.2, 0.25) is 5.91 Å². The number of carbonyl (C=O) groups excluding carboxylic acids is 2. The number of benzene rings is 1. The Bertz CT molecular complexity index is 828. The monoisotopic (exact) mass is 356 g/mol. The average molecular weight is 356 g/mol. The van der Waals surface area contributed by atoms with Crippen molar-refractivity contribution < 1.29 is 14.3 Å². The molecule has 2 heterocycles. The van der Waals surface area contributed by atoms with Crippen molar-refractivity contribution in [1.29, 1.82) is 0 Å². The van der Waals surface area contributed by atoms with Crippen molar-refractivity contribution in [1.82, 2.24) is 15.1 Å². The second-order valence-electron chi connectivity index (χ2n) is 6.78. The van der Waals surface area contributed by atoms with E-state index in [1.807, 2.05) is 38.1 Å². The predicted octanol–water partition coefficient (Wildman–Crippen LogP) is 2.09.